The molecule has 3 aromatic rings. The zero-order valence-corrected chi connectivity index (χ0v) is 12.8. The molecule has 0 unspecified atom stereocenters. The highest BCUT2D eigenvalue weighted by atomic mass is 35.5. The normalized spacial score (nSPS) is 11.6. The highest BCUT2D eigenvalue weighted by Gasteiger charge is 2.11. The number of halogens is 3. The maximum absolute atomic E-state index is 6.10. The molecule has 0 atom stereocenters. The van der Waals surface area contributed by atoms with Crippen molar-refractivity contribution in [3.63, 3.8) is 0 Å². The monoisotopic (exact) mass is 327 g/mol. The molecular formula is C15H12Cl3NO. The van der Waals surface area contributed by atoms with E-state index in [-0.39, 0.29) is 0 Å². The quantitative estimate of drug-likeness (QED) is 0.467. The van der Waals surface area contributed by atoms with Gasteiger partial charge in [0, 0.05) is 26.7 Å². The minimum absolute atomic E-state index is 0.454. The third-order valence-corrected chi connectivity index (χ3v) is 3.86. The Kier molecular flexibility index (Phi) is 4.08. The van der Waals surface area contributed by atoms with Gasteiger partial charge in [0.1, 0.15) is 6.73 Å². The Morgan fingerprint density at radius 3 is 1.95 bits per heavy atom. The summed E-state index contributed by atoms with van der Waals surface area (Å²) >= 11 is 17.9. The molecule has 0 fully saturated rings. The van der Waals surface area contributed by atoms with Crippen LogP contribution < -0.4 is 0 Å². The van der Waals surface area contributed by atoms with Crippen LogP contribution in [0.25, 0.3) is 21.8 Å². The molecule has 104 valence electrons. The van der Waals surface area contributed by atoms with Crippen LogP contribution in [0.15, 0.2) is 36.4 Å². The van der Waals surface area contributed by atoms with E-state index in [2.05, 4.69) is 4.57 Å². The maximum atomic E-state index is 6.10. The van der Waals surface area contributed by atoms with Gasteiger partial charge in [-0.25, -0.2) is 0 Å². The van der Waals surface area contributed by atoms with Gasteiger partial charge in [-0.05, 0) is 36.4 Å². The molecule has 2 aromatic carbocycles. The van der Waals surface area contributed by atoms with Gasteiger partial charge >= 0.3 is 0 Å². The number of hydrogen-bond acceptors (Lipinski definition) is 1. The summed E-state index contributed by atoms with van der Waals surface area (Å²) in [6.07, 6.45) is 0. The predicted molar refractivity (Wildman–Crippen MR) is 86.1 cm³/mol. The van der Waals surface area contributed by atoms with Gasteiger partial charge in [-0.15, -0.1) is 11.6 Å². The van der Waals surface area contributed by atoms with E-state index in [4.69, 9.17) is 39.5 Å². The molecule has 0 aliphatic heterocycles. The Morgan fingerprint density at radius 1 is 0.900 bits per heavy atom. The molecular weight excluding hydrogens is 317 g/mol. The molecule has 0 spiro atoms. The molecule has 0 aliphatic carbocycles. The van der Waals surface area contributed by atoms with Crippen molar-refractivity contribution < 1.29 is 4.74 Å². The second-order valence-corrected chi connectivity index (χ2v) is 5.73. The van der Waals surface area contributed by atoms with E-state index in [1.54, 1.807) is 0 Å². The zero-order chi connectivity index (χ0) is 14.1. The van der Waals surface area contributed by atoms with Crippen LogP contribution in [0.4, 0.5) is 0 Å². The van der Waals surface area contributed by atoms with Crippen molar-refractivity contribution in [3.05, 3.63) is 46.4 Å². The highest BCUT2D eigenvalue weighted by molar-refractivity contribution is 6.33. The van der Waals surface area contributed by atoms with E-state index in [1.165, 1.54) is 0 Å². The van der Waals surface area contributed by atoms with Crippen molar-refractivity contribution in [3.8, 4) is 0 Å². The summed E-state index contributed by atoms with van der Waals surface area (Å²) in [7, 11) is 0. The number of benzene rings is 2. The predicted octanol–water partition coefficient (Wildman–Crippen LogP) is 5.31. The van der Waals surface area contributed by atoms with E-state index in [9.17, 15) is 0 Å². The number of rotatable bonds is 4. The fourth-order valence-corrected chi connectivity index (χ4v) is 2.85. The van der Waals surface area contributed by atoms with Gasteiger partial charge in [-0.2, -0.15) is 0 Å². The topological polar surface area (TPSA) is 14.2 Å². The number of nitrogens with zero attached hydrogens (tertiary/aromatic N) is 1. The molecule has 20 heavy (non-hydrogen) atoms. The summed E-state index contributed by atoms with van der Waals surface area (Å²) in [6.45, 7) is 0.972. The molecule has 0 aliphatic rings. The minimum Gasteiger partial charge on any atom is -0.360 e. The molecule has 1 heterocycles. The lowest BCUT2D eigenvalue weighted by molar-refractivity contribution is 0.0951. The van der Waals surface area contributed by atoms with Crippen LogP contribution in [-0.4, -0.2) is 17.1 Å². The third-order valence-electron chi connectivity index (χ3n) is 3.23. The highest BCUT2D eigenvalue weighted by Crippen LogP contribution is 2.32. The number of alkyl halides is 1. The number of aromatic nitrogens is 1. The van der Waals surface area contributed by atoms with Crippen molar-refractivity contribution >= 4 is 56.6 Å². The van der Waals surface area contributed by atoms with Crippen LogP contribution in [0, 0.1) is 0 Å². The van der Waals surface area contributed by atoms with Crippen LogP contribution in [0.2, 0.25) is 10.0 Å². The first-order valence-corrected chi connectivity index (χ1v) is 7.50. The van der Waals surface area contributed by atoms with E-state index < -0.39 is 0 Å². The van der Waals surface area contributed by atoms with Crippen molar-refractivity contribution in [1.82, 2.24) is 4.57 Å². The summed E-state index contributed by atoms with van der Waals surface area (Å²) < 4.78 is 7.67. The van der Waals surface area contributed by atoms with E-state index in [0.717, 1.165) is 21.8 Å². The van der Waals surface area contributed by atoms with Gasteiger partial charge in [0.25, 0.3) is 0 Å². The third kappa shape index (κ3) is 2.49. The SMILES string of the molecule is ClCCOCn1c2ccc(Cl)cc2c2cc(Cl)ccc21. The molecule has 0 N–H and O–H groups in total. The molecule has 2 nitrogen and oxygen atoms in total. The summed E-state index contributed by atoms with van der Waals surface area (Å²) in [4.78, 5) is 0. The Morgan fingerprint density at radius 2 is 1.45 bits per heavy atom. The first-order chi connectivity index (χ1) is 9.70. The lowest BCUT2D eigenvalue weighted by Gasteiger charge is -2.07. The lowest BCUT2D eigenvalue weighted by atomic mass is 10.1. The maximum Gasteiger partial charge on any atom is 0.123 e. The van der Waals surface area contributed by atoms with Crippen LogP contribution in [0.1, 0.15) is 0 Å². The van der Waals surface area contributed by atoms with Crippen LogP contribution in [0.3, 0.4) is 0 Å². The number of fused-ring (bicyclic) bond motifs is 3. The zero-order valence-electron chi connectivity index (χ0n) is 10.6. The van der Waals surface area contributed by atoms with Crippen molar-refractivity contribution in [2.45, 2.75) is 6.73 Å². The van der Waals surface area contributed by atoms with Gasteiger partial charge in [0.15, 0.2) is 0 Å². The standard InChI is InChI=1S/C15H12Cl3NO/c16-5-6-20-9-19-14-3-1-10(17)7-12(14)13-8-11(18)2-4-15(13)19/h1-4,7-8H,5-6,9H2. The van der Waals surface area contributed by atoms with Crippen LogP contribution in [0.5, 0.6) is 0 Å². The molecule has 0 bridgehead atoms. The molecule has 0 saturated heterocycles. The molecule has 5 heteroatoms. The molecule has 1 aromatic heterocycles. The van der Waals surface area contributed by atoms with Crippen LogP contribution in [-0.2, 0) is 11.5 Å². The minimum atomic E-state index is 0.454. The molecule has 0 saturated carbocycles. The van der Waals surface area contributed by atoms with Gasteiger partial charge < -0.3 is 9.30 Å². The average Bonchev–Trinajstić information content (AvgIpc) is 2.72. The average molecular weight is 329 g/mol. The van der Waals surface area contributed by atoms with Crippen LogP contribution >= 0.6 is 34.8 Å². The number of hydrogen-bond donors (Lipinski definition) is 0. The van der Waals surface area contributed by atoms with Gasteiger partial charge in [-0.3, -0.25) is 0 Å². The molecule has 3 rings (SSSR count). The van der Waals surface area contributed by atoms with E-state index in [1.807, 2.05) is 36.4 Å². The molecule has 0 radical (unpaired) electrons. The second kappa shape index (κ2) is 5.82. The van der Waals surface area contributed by atoms with Crippen molar-refractivity contribution in [2.75, 3.05) is 12.5 Å². The van der Waals surface area contributed by atoms with Crippen molar-refractivity contribution in [1.29, 1.82) is 0 Å². The Hall–Kier alpha value is -0.930. The Balaban J connectivity index is 2.23. The fourth-order valence-electron chi connectivity index (χ4n) is 2.40. The first kappa shape index (κ1) is 14.0. The number of ether oxygens (including phenoxy) is 1. The van der Waals surface area contributed by atoms with Gasteiger partial charge in [0.2, 0.25) is 0 Å². The summed E-state index contributed by atoms with van der Waals surface area (Å²) in [6, 6.07) is 11.7. The Bertz CT molecular complexity index is 707. The summed E-state index contributed by atoms with van der Waals surface area (Å²) in [5.74, 6) is 0.481. The van der Waals surface area contributed by atoms with E-state index in [0.29, 0.717) is 29.3 Å². The lowest BCUT2D eigenvalue weighted by Crippen LogP contribution is -2.04. The summed E-state index contributed by atoms with van der Waals surface area (Å²) in [5, 5.41) is 3.56. The van der Waals surface area contributed by atoms with Crippen molar-refractivity contribution in [2.24, 2.45) is 0 Å². The Labute approximate surface area is 131 Å². The second-order valence-electron chi connectivity index (χ2n) is 4.48. The molecule has 0 amide bonds. The first-order valence-electron chi connectivity index (χ1n) is 6.21. The van der Waals surface area contributed by atoms with Gasteiger partial charge in [-0.1, -0.05) is 23.2 Å². The smallest absolute Gasteiger partial charge is 0.123 e. The summed E-state index contributed by atoms with van der Waals surface area (Å²) in [5.41, 5.74) is 2.14. The van der Waals surface area contributed by atoms with Gasteiger partial charge in [0.05, 0.1) is 17.6 Å². The largest absolute Gasteiger partial charge is 0.360 e. The van der Waals surface area contributed by atoms with E-state index >= 15 is 0 Å². The fraction of sp³-hybridized carbons (Fsp3) is 0.200.